The van der Waals surface area contributed by atoms with E-state index < -0.39 is 11.5 Å². The van der Waals surface area contributed by atoms with Crippen molar-refractivity contribution in [2.75, 3.05) is 5.75 Å². The third-order valence-electron chi connectivity index (χ3n) is 5.12. The van der Waals surface area contributed by atoms with E-state index in [2.05, 4.69) is 47.2 Å². The Morgan fingerprint density at radius 2 is 1.73 bits per heavy atom. The van der Waals surface area contributed by atoms with Crippen LogP contribution in [-0.2, 0) is 4.79 Å². The summed E-state index contributed by atoms with van der Waals surface area (Å²) in [5.74, 6) is 0.893. The highest BCUT2D eigenvalue weighted by molar-refractivity contribution is 7.80. The largest absolute Gasteiger partial charge is 0.480 e. The molecule has 4 heteroatoms. The van der Waals surface area contributed by atoms with Gasteiger partial charge in [-0.15, -0.1) is 0 Å². The van der Waals surface area contributed by atoms with Crippen molar-refractivity contribution >= 4 is 18.6 Å². The molecule has 0 aromatic heterocycles. The first-order chi connectivity index (χ1) is 10.2. The summed E-state index contributed by atoms with van der Waals surface area (Å²) in [7, 11) is 0. The molecular weight excluding hydrogens is 294 g/mol. The Labute approximate surface area is 142 Å². The Bertz CT molecular complexity index is 322. The molecule has 22 heavy (non-hydrogen) atoms. The Hall–Kier alpha value is -0.220. The number of hydrogen-bond acceptors (Lipinski definition) is 3. The highest BCUT2D eigenvalue weighted by atomic mass is 32.1. The molecule has 0 radical (unpaired) electrons. The molecule has 0 fully saturated rings. The predicted octanol–water partition coefficient (Wildman–Crippen LogP) is 4.60. The number of aliphatic carboxylic acids is 1. The molecule has 0 aliphatic rings. The maximum atomic E-state index is 11.7. The van der Waals surface area contributed by atoms with Crippen LogP contribution < -0.4 is 5.73 Å². The number of rotatable bonds is 12. The molecular formula is C18H37NO2S. The van der Waals surface area contributed by atoms with E-state index in [0.29, 0.717) is 11.8 Å². The van der Waals surface area contributed by atoms with Crippen molar-refractivity contribution in [1.29, 1.82) is 0 Å². The van der Waals surface area contributed by atoms with Gasteiger partial charge >= 0.3 is 5.97 Å². The molecule has 0 aromatic rings. The van der Waals surface area contributed by atoms with Gasteiger partial charge in [-0.25, -0.2) is 0 Å². The number of carboxylic acids is 1. The quantitative estimate of drug-likeness (QED) is 0.458. The minimum absolute atomic E-state index is 0.0122. The van der Waals surface area contributed by atoms with E-state index in [1.807, 2.05) is 0 Å². The minimum Gasteiger partial charge on any atom is -0.480 e. The number of hydrogen-bond donors (Lipinski definition) is 3. The minimum atomic E-state index is -1.21. The van der Waals surface area contributed by atoms with E-state index >= 15 is 0 Å². The lowest BCUT2D eigenvalue weighted by Gasteiger charge is -2.37. The summed E-state index contributed by atoms with van der Waals surface area (Å²) in [6, 6.07) is 0. The van der Waals surface area contributed by atoms with Crippen molar-refractivity contribution < 1.29 is 9.90 Å². The molecule has 0 rings (SSSR count). The highest BCUT2D eigenvalue weighted by Gasteiger charge is 2.43. The van der Waals surface area contributed by atoms with Crippen molar-refractivity contribution in [3.63, 3.8) is 0 Å². The van der Waals surface area contributed by atoms with Gasteiger partial charge in [-0.2, -0.15) is 12.6 Å². The second kappa shape index (κ2) is 10.5. The van der Waals surface area contributed by atoms with Crippen LogP contribution in [0.5, 0.6) is 0 Å². The topological polar surface area (TPSA) is 63.3 Å². The lowest BCUT2D eigenvalue weighted by molar-refractivity contribution is -0.145. The molecule has 0 heterocycles. The summed E-state index contributed by atoms with van der Waals surface area (Å²) >= 11 is 4.25. The van der Waals surface area contributed by atoms with E-state index in [1.54, 1.807) is 0 Å². The monoisotopic (exact) mass is 331 g/mol. The molecule has 0 aliphatic carbocycles. The fraction of sp³-hybridized carbons (Fsp3) is 0.944. The molecule has 0 amide bonds. The normalized spacial score (nSPS) is 18.7. The van der Waals surface area contributed by atoms with E-state index in [9.17, 15) is 9.90 Å². The molecule has 0 spiro atoms. The summed E-state index contributed by atoms with van der Waals surface area (Å²) in [6.45, 7) is 11.0. The number of nitrogens with two attached hydrogens (primary N) is 1. The molecule has 4 atom stereocenters. The number of carboxylic acid groups (broad SMARTS) is 1. The lowest BCUT2D eigenvalue weighted by atomic mass is 9.72. The molecule has 132 valence electrons. The molecule has 4 unspecified atom stereocenters. The summed E-state index contributed by atoms with van der Waals surface area (Å²) in [5.41, 5.74) is 5.04. The van der Waals surface area contributed by atoms with Crippen LogP contribution in [0.3, 0.4) is 0 Å². The van der Waals surface area contributed by atoms with Gasteiger partial charge < -0.3 is 10.8 Å². The standard InChI is InChI=1S/C18H37NO2S/c1-6-14(4)8-7-9-15(5)16(11-10-13(2)3)18(19,12-22)17(20)21/h13-16,22H,6-12,19H2,1-5H3,(H,20,21). The zero-order valence-corrected chi connectivity index (χ0v) is 16.0. The van der Waals surface area contributed by atoms with E-state index in [0.717, 1.165) is 31.6 Å². The van der Waals surface area contributed by atoms with Gasteiger partial charge in [-0.3, -0.25) is 4.79 Å². The Balaban J connectivity index is 4.86. The van der Waals surface area contributed by atoms with Crippen molar-refractivity contribution in [3.05, 3.63) is 0 Å². The molecule has 0 bridgehead atoms. The van der Waals surface area contributed by atoms with E-state index in [-0.39, 0.29) is 11.7 Å². The summed E-state index contributed by atoms with van der Waals surface area (Å²) < 4.78 is 0. The zero-order chi connectivity index (χ0) is 17.3. The van der Waals surface area contributed by atoms with E-state index in [1.165, 1.54) is 12.8 Å². The summed E-state index contributed by atoms with van der Waals surface area (Å²) in [5, 5.41) is 9.59. The van der Waals surface area contributed by atoms with Crippen LogP contribution in [0.2, 0.25) is 0 Å². The van der Waals surface area contributed by atoms with Crippen LogP contribution >= 0.6 is 12.6 Å². The predicted molar refractivity (Wildman–Crippen MR) is 98.4 cm³/mol. The summed E-state index contributed by atoms with van der Waals surface area (Å²) in [4.78, 5) is 11.7. The van der Waals surface area contributed by atoms with Crippen molar-refractivity contribution in [1.82, 2.24) is 0 Å². The first-order valence-corrected chi connectivity index (χ1v) is 9.45. The SMILES string of the molecule is CCC(C)CCCC(C)C(CCC(C)C)C(N)(CS)C(=O)O. The summed E-state index contributed by atoms with van der Waals surface area (Å²) in [6.07, 6.45) is 6.50. The van der Waals surface area contributed by atoms with Crippen molar-refractivity contribution in [2.45, 2.75) is 78.7 Å². The third kappa shape index (κ3) is 6.91. The van der Waals surface area contributed by atoms with Gasteiger partial charge in [0.2, 0.25) is 0 Å². The van der Waals surface area contributed by atoms with Gasteiger partial charge in [0.05, 0.1) is 0 Å². The average molecular weight is 332 g/mol. The van der Waals surface area contributed by atoms with E-state index in [4.69, 9.17) is 5.73 Å². The van der Waals surface area contributed by atoms with Crippen molar-refractivity contribution in [3.8, 4) is 0 Å². The zero-order valence-electron chi connectivity index (χ0n) is 15.1. The first-order valence-electron chi connectivity index (χ1n) is 8.82. The van der Waals surface area contributed by atoms with Crippen LogP contribution in [0.25, 0.3) is 0 Å². The van der Waals surface area contributed by atoms with Crippen molar-refractivity contribution in [2.24, 2.45) is 29.4 Å². The van der Waals surface area contributed by atoms with Gasteiger partial charge in [0.15, 0.2) is 0 Å². The second-order valence-electron chi connectivity index (χ2n) is 7.50. The van der Waals surface area contributed by atoms with Gasteiger partial charge in [0.1, 0.15) is 5.54 Å². The Kier molecular flexibility index (Phi) is 10.4. The van der Waals surface area contributed by atoms with Crippen LogP contribution in [0, 0.1) is 23.7 Å². The fourth-order valence-electron chi connectivity index (χ4n) is 3.10. The molecule has 0 aromatic carbocycles. The fourth-order valence-corrected chi connectivity index (χ4v) is 3.47. The average Bonchev–Trinajstić information content (AvgIpc) is 2.46. The van der Waals surface area contributed by atoms with Crippen LogP contribution in [0.15, 0.2) is 0 Å². The molecule has 3 N–H and O–H groups in total. The van der Waals surface area contributed by atoms with Crippen LogP contribution in [0.1, 0.15) is 73.1 Å². The van der Waals surface area contributed by atoms with Gasteiger partial charge in [-0.05, 0) is 30.1 Å². The van der Waals surface area contributed by atoms with Gasteiger partial charge in [0, 0.05) is 5.75 Å². The second-order valence-corrected chi connectivity index (χ2v) is 7.82. The highest BCUT2D eigenvalue weighted by Crippen LogP contribution is 2.34. The van der Waals surface area contributed by atoms with Gasteiger partial charge in [0.25, 0.3) is 0 Å². The maximum absolute atomic E-state index is 11.7. The Morgan fingerprint density at radius 3 is 2.14 bits per heavy atom. The van der Waals surface area contributed by atoms with Crippen LogP contribution in [0.4, 0.5) is 0 Å². The molecule has 0 aliphatic heterocycles. The van der Waals surface area contributed by atoms with Crippen LogP contribution in [-0.4, -0.2) is 22.4 Å². The smallest absolute Gasteiger partial charge is 0.324 e. The lowest BCUT2D eigenvalue weighted by Crippen LogP contribution is -2.57. The maximum Gasteiger partial charge on any atom is 0.324 e. The number of carbonyl (C=O) groups is 1. The molecule has 0 saturated heterocycles. The first kappa shape index (κ1) is 21.8. The third-order valence-corrected chi connectivity index (χ3v) is 5.64. The molecule has 0 saturated carbocycles. The van der Waals surface area contributed by atoms with Gasteiger partial charge in [-0.1, -0.05) is 66.7 Å². The molecule has 3 nitrogen and oxygen atoms in total. The number of thiol groups is 1. The Morgan fingerprint density at radius 1 is 1.14 bits per heavy atom.